The van der Waals surface area contributed by atoms with Crippen LogP contribution in [0, 0.1) is 5.92 Å². The standard InChI is InChI=1S/C22H23NO3/c24-22(25)14-8-6-13(7-9-14)20-17-5-2-10-26-21(17)18-11-15-3-1-4-16(15)12-19(18)23-20/h6-9,11-12,17,20-21,23H,1-5,10H2,(H,24,25)/t17-,20-,21-/m0/s1. The van der Waals surface area contributed by atoms with Gasteiger partial charge < -0.3 is 15.2 Å². The molecule has 2 N–H and O–H groups in total. The number of hydrogen-bond acceptors (Lipinski definition) is 3. The van der Waals surface area contributed by atoms with Crippen molar-refractivity contribution in [1.29, 1.82) is 0 Å². The zero-order chi connectivity index (χ0) is 17.7. The van der Waals surface area contributed by atoms with E-state index in [0.717, 1.165) is 31.4 Å². The van der Waals surface area contributed by atoms with Crippen molar-refractivity contribution in [3.8, 4) is 0 Å². The van der Waals surface area contributed by atoms with Gasteiger partial charge in [-0.15, -0.1) is 0 Å². The van der Waals surface area contributed by atoms with E-state index in [9.17, 15) is 4.79 Å². The first-order chi connectivity index (χ1) is 12.7. The highest BCUT2D eigenvalue weighted by Gasteiger charge is 2.40. The smallest absolute Gasteiger partial charge is 0.335 e. The fraction of sp³-hybridized carbons (Fsp3) is 0.409. The summed E-state index contributed by atoms with van der Waals surface area (Å²) in [5.41, 5.74) is 6.93. The van der Waals surface area contributed by atoms with Gasteiger partial charge in [0.05, 0.1) is 17.7 Å². The molecule has 0 amide bonds. The van der Waals surface area contributed by atoms with Crippen LogP contribution in [0.1, 0.15) is 64.0 Å². The maximum Gasteiger partial charge on any atom is 0.335 e. The van der Waals surface area contributed by atoms with Crippen molar-refractivity contribution >= 4 is 11.7 Å². The van der Waals surface area contributed by atoms with Crippen molar-refractivity contribution < 1.29 is 14.6 Å². The van der Waals surface area contributed by atoms with E-state index < -0.39 is 5.97 Å². The van der Waals surface area contributed by atoms with E-state index >= 15 is 0 Å². The number of ether oxygens (including phenoxy) is 1. The summed E-state index contributed by atoms with van der Waals surface area (Å²) in [6.45, 7) is 0.822. The molecule has 2 heterocycles. The molecule has 0 radical (unpaired) electrons. The number of carbonyl (C=O) groups is 1. The van der Waals surface area contributed by atoms with Crippen LogP contribution in [-0.4, -0.2) is 17.7 Å². The molecule has 0 aromatic heterocycles. The van der Waals surface area contributed by atoms with Gasteiger partial charge in [-0.2, -0.15) is 0 Å². The molecule has 2 aliphatic heterocycles. The molecular weight excluding hydrogens is 326 g/mol. The van der Waals surface area contributed by atoms with Crippen LogP contribution >= 0.6 is 0 Å². The molecule has 4 heteroatoms. The Morgan fingerprint density at radius 2 is 1.85 bits per heavy atom. The van der Waals surface area contributed by atoms with Crippen molar-refractivity contribution in [2.75, 3.05) is 11.9 Å². The Balaban J connectivity index is 1.55. The summed E-state index contributed by atoms with van der Waals surface area (Å²) >= 11 is 0. The number of anilines is 1. The second kappa shape index (κ2) is 6.13. The molecule has 2 aromatic carbocycles. The van der Waals surface area contributed by atoms with Gasteiger partial charge >= 0.3 is 5.97 Å². The molecule has 5 rings (SSSR count). The number of aromatic carboxylic acids is 1. The van der Waals surface area contributed by atoms with Crippen LogP contribution < -0.4 is 5.32 Å². The third-order valence-corrected chi connectivity index (χ3v) is 6.19. The summed E-state index contributed by atoms with van der Waals surface area (Å²) in [7, 11) is 0. The van der Waals surface area contributed by atoms with Crippen molar-refractivity contribution in [3.63, 3.8) is 0 Å². The van der Waals surface area contributed by atoms with Gasteiger partial charge in [0.15, 0.2) is 0 Å². The van der Waals surface area contributed by atoms with Crippen LogP contribution in [0.5, 0.6) is 0 Å². The fourth-order valence-corrected chi connectivity index (χ4v) is 4.91. The first-order valence-corrected chi connectivity index (χ1v) is 9.58. The van der Waals surface area contributed by atoms with E-state index in [1.807, 2.05) is 12.1 Å². The van der Waals surface area contributed by atoms with E-state index in [0.29, 0.717) is 11.5 Å². The van der Waals surface area contributed by atoms with E-state index in [2.05, 4.69) is 17.4 Å². The van der Waals surface area contributed by atoms with Crippen LogP contribution in [0.15, 0.2) is 36.4 Å². The average molecular weight is 349 g/mol. The van der Waals surface area contributed by atoms with E-state index in [-0.39, 0.29) is 12.1 Å². The number of benzene rings is 2. The third kappa shape index (κ3) is 2.52. The number of nitrogens with one attached hydrogen (secondary N) is 1. The van der Waals surface area contributed by atoms with Crippen LogP contribution in [0.2, 0.25) is 0 Å². The molecule has 1 aliphatic carbocycles. The maximum absolute atomic E-state index is 11.2. The Hall–Kier alpha value is -2.33. The third-order valence-electron chi connectivity index (χ3n) is 6.19. The molecule has 4 nitrogen and oxygen atoms in total. The Kier molecular flexibility index (Phi) is 3.75. The summed E-state index contributed by atoms with van der Waals surface area (Å²) in [5, 5.41) is 12.9. The van der Waals surface area contributed by atoms with E-state index in [4.69, 9.17) is 9.84 Å². The highest BCUT2D eigenvalue weighted by Crippen LogP contribution is 2.50. The molecule has 3 atom stereocenters. The zero-order valence-electron chi connectivity index (χ0n) is 14.7. The van der Waals surface area contributed by atoms with Crippen molar-refractivity contribution in [2.45, 2.75) is 44.2 Å². The van der Waals surface area contributed by atoms with Gasteiger partial charge in [-0.05, 0) is 67.0 Å². The normalized spacial score (nSPS) is 26.4. The minimum atomic E-state index is -0.882. The van der Waals surface area contributed by atoms with Crippen molar-refractivity contribution in [2.24, 2.45) is 5.92 Å². The molecule has 1 fully saturated rings. The molecular formula is C22H23NO3. The summed E-state index contributed by atoms with van der Waals surface area (Å²) in [6.07, 6.45) is 5.92. The van der Waals surface area contributed by atoms with Crippen LogP contribution in [0.4, 0.5) is 5.69 Å². The Labute approximate surface area is 153 Å². The minimum absolute atomic E-state index is 0.134. The van der Waals surface area contributed by atoms with Crippen molar-refractivity contribution in [1.82, 2.24) is 0 Å². The lowest BCUT2D eigenvalue weighted by atomic mass is 9.77. The SMILES string of the molecule is O=C(O)c1ccc([C@@H]2Nc3cc4c(cc3[C@H]3OCCC[C@H]32)CCC4)cc1. The molecule has 0 spiro atoms. The van der Waals surface area contributed by atoms with Gasteiger partial charge in [-0.3, -0.25) is 0 Å². The molecule has 0 bridgehead atoms. The number of rotatable bonds is 2. The molecule has 3 aliphatic rings. The molecule has 0 saturated carbocycles. The maximum atomic E-state index is 11.2. The monoisotopic (exact) mass is 349 g/mol. The summed E-state index contributed by atoms with van der Waals surface area (Å²) < 4.78 is 6.25. The number of carboxylic acid groups (broad SMARTS) is 1. The van der Waals surface area contributed by atoms with Crippen molar-refractivity contribution in [3.05, 3.63) is 64.2 Å². The Morgan fingerprint density at radius 3 is 2.62 bits per heavy atom. The lowest BCUT2D eigenvalue weighted by Gasteiger charge is -2.43. The molecule has 134 valence electrons. The average Bonchev–Trinajstić information content (AvgIpc) is 3.13. The second-order valence-electron chi connectivity index (χ2n) is 7.71. The number of aryl methyl sites for hydroxylation is 2. The van der Waals surface area contributed by atoms with Gasteiger partial charge in [-0.25, -0.2) is 4.79 Å². The summed E-state index contributed by atoms with van der Waals surface area (Å²) in [6, 6.07) is 12.2. The quantitative estimate of drug-likeness (QED) is 0.838. The summed E-state index contributed by atoms with van der Waals surface area (Å²) in [4.78, 5) is 11.2. The predicted octanol–water partition coefficient (Wildman–Crippen LogP) is 4.51. The highest BCUT2D eigenvalue weighted by molar-refractivity contribution is 5.87. The van der Waals surface area contributed by atoms with E-state index in [1.165, 1.54) is 35.2 Å². The lowest BCUT2D eigenvalue weighted by Crippen LogP contribution is -2.36. The molecule has 26 heavy (non-hydrogen) atoms. The first kappa shape index (κ1) is 15.9. The predicted molar refractivity (Wildman–Crippen MR) is 99.6 cm³/mol. The molecule has 0 unspecified atom stereocenters. The largest absolute Gasteiger partial charge is 0.478 e. The van der Waals surface area contributed by atoms with Gasteiger partial charge in [0.2, 0.25) is 0 Å². The van der Waals surface area contributed by atoms with Crippen LogP contribution in [-0.2, 0) is 17.6 Å². The molecule has 1 saturated heterocycles. The Bertz CT molecular complexity index is 858. The zero-order valence-corrected chi connectivity index (χ0v) is 14.7. The second-order valence-corrected chi connectivity index (χ2v) is 7.71. The van der Waals surface area contributed by atoms with Gasteiger partial charge in [0.25, 0.3) is 0 Å². The van der Waals surface area contributed by atoms with Gasteiger partial charge in [-0.1, -0.05) is 18.2 Å². The van der Waals surface area contributed by atoms with E-state index in [1.54, 1.807) is 12.1 Å². The molecule has 2 aromatic rings. The highest BCUT2D eigenvalue weighted by atomic mass is 16.5. The summed E-state index contributed by atoms with van der Waals surface area (Å²) in [5.74, 6) is -0.501. The first-order valence-electron chi connectivity index (χ1n) is 9.58. The van der Waals surface area contributed by atoms with Gasteiger partial charge in [0.1, 0.15) is 0 Å². The van der Waals surface area contributed by atoms with Crippen LogP contribution in [0.3, 0.4) is 0 Å². The number of hydrogen-bond donors (Lipinski definition) is 2. The number of carboxylic acids is 1. The van der Waals surface area contributed by atoms with Gasteiger partial charge in [0, 0.05) is 23.8 Å². The topological polar surface area (TPSA) is 58.6 Å². The lowest BCUT2D eigenvalue weighted by molar-refractivity contribution is -0.0381. The number of fused-ring (bicyclic) bond motifs is 4. The minimum Gasteiger partial charge on any atom is -0.478 e. The van der Waals surface area contributed by atoms with Crippen LogP contribution in [0.25, 0.3) is 0 Å². The fourth-order valence-electron chi connectivity index (χ4n) is 4.91. The Morgan fingerprint density at radius 1 is 1.08 bits per heavy atom.